The van der Waals surface area contributed by atoms with E-state index in [9.17, 15) is 0 Å². The number of nitrogens with zero attached hydrogens (tertiary/aromatic N) is 1. The van der Waals surface area contributed by atoms with Crippen LogP contribution in [-0.2, 0) is 16.9 Å². The van der Waals surface area contributed by atoms with Gasteiger partial charge >= 0.3 is 0 Å². The first kappa shape index (κ1) is 12.6. The summed E-state index contributed by atoms with van der Waals surface area (Å²) in [5.41, 5.74) is 1.32. The summed E-state index contributed by atoms with van der Waals surface area (Å²) in [6, 6.07) is 0. The molecule has 0 aliphatic heterocycles. The highest BCUT2D eigenvalue weighted by molar-refractivity contribution is 7.11. The molecule has 0 unspecified atom stereocenters. The first-order valence-electron chi connectivity index (χ1n) is 7.05. The van der Waals surface area contributed by atoms with E-state index in [1.807, 2.05) is 18.4 Å². The van der Waals surface area contributed by atoms with E-state index in [0.717, 1.165) is 31.8 Å². The molecule has 3 nitrogen and oxygen atoms in total. The molecular weight excluding hydrogens is 244 g/mol. The first-order valence-corrected chi connectivity index (χ1v) is 7.86. The maximum Gasteiger partial charge on any atom is 0.125 e. The van der Waals surface area contributed by atoms with Gasteiger partial charge in [0.15, 0.2) is 0 Å². The van der Waals surface area contributed by atoms with Crippen molar-refractivity contribution in [1.29, 1.82) is 0 Å². The Labute approximate surface area is 113 Å². The average molecular weight is 266 g/mol. The first-order chi connectivity index (χ1) is 8.79. The Morgan fingerprint density at radius 2 is 2.22 bits per heavy atom. The predicted octanol–water partition coefficient (Wildman–Crippen LogP) is 3.16. The van der Waals surface area contributed by atoms with Crippen molar-refractivity contribution in [2.24, 2.45) is 0 Å². The van der Waals surface area contributed by atoms with Gasteiger partial charge in [-0.1, -0.05) is 6.92 Å². The molecule has 0 bridgehead atoms. The van der Waals surface area contributed by atoms with Crippen LogP contribution in [0, 0.1) is 0 Å². The van der Waals surface area contributed by atoms with Crippen LogP contribution >= 0.6 is 11.3 Å². The van der Waals surface area contributed by atoms with Gasteiger partial charge in [-0.3, -0.25) is 0 Å². The van der Waals surface area contributed by atoms with Crippen LogP contribution in [0.4, 0.5) is 0 Å². The lowest BCUT2D eigenvalue weighted by atomic mass is 9.80. The van der Waals surface area contributed by atoms with Crippen LogP contribution in [0.5, 0.6) is 0 Å². The lowest BCUT2D eigenvalue weighted by Gasteiger charge is -2.38. The Bertz CT molecular complexity index is 416. The average Bonchev–Trinajstić information content (AvgIpc) is 3.08. The number of nitrogens with one attached hydrogen (secondary N) is 1. The number of methoxy groups -OCH3 is 1. The fraction of sp³-hybridized carbons (Fsp3) is 0.786. The van der Waals surface area contributed by atoms with Gasteiger partial charge in [0.1, 0.15) is 10.6 Å². The van der Waals surface area contributed by atoms with E-state index in [2.05, 4.69) is 12.2 Å². The molecule has 0 saturated heterocycles. The molecule has 1 heterocycles. The highest BCUT2D eigenvalue weighted by Crippen LogP contribution is 2.49. The number of rotatable bonds is 6. The van der Waals surface area contributed by atoms with Crippen molar-refractivity contribution in [3.05, 3.63) is 15.6 Å². The summed E-state index contributed by atoms with van der Waals surface area (Å²) >= 11 is 1.88. The second kappa shape index (κ2) is 4.91. The molecule has 0 atom stereocenters. The number of aromatic nitrogens is 1. The fourth-order valence-corrected chi connectivity index (χ4v) is 3.94. The maximum atomic E-state index is 5.76. The van der Waals surface area contributed by atoms with Crippen LogP contribution in [0.25, 0.3) is 0 Å². The summed E-state index contributed by atoms with van der Waals surface area (Å²) in [6.07, 6.45) is 6.20. The Hall–Kier alpha value is -0.450. The summed E-state index contributed by atoms with van der Waals surface area (Å²) in [4.78, 5) is 6.39. The maximum absolute atomic E-state index is 5.76. The Balaban J connectivity index is 1.86. The smallest absolute Gasteiger partial charge is 0.125 e. The van der Waals surface area contributed by atoms with Crippen LogP contribution in [0.3, 0.4) is 0 Å². The molecule has 2 aliphatic rings. The zero-order valence-corrected chi connectivity index (χ0v) is 12.1. The molecule has 0 aromatic carbocycles. The zero-order chi connectivity index (χ0) is 12.6. The van der Waals surface area contributed by atoms with E-state index in [-0.39, 0.29) is 5.60 Å². The quantitative estimate of drug-likeness (QED) is 0.859. The Morgan fingerprint density at radius 1 is 1.44 bits per heavy atom. The van der Waals surface area contributed by atoms with Gasteiger partial charge in [-0.2, -0.15) is 0 Å². The van der Waals surface area contributed by atoms with Crippen molar-refractivity contribution >= 4 is 11.3 Å². The second-order valence-electron chi connectivity index (χ2n) is 5.43. The van der Waals surface area contributed by atoms with Gasteiger partial charge in [0, 0.05) is 24.4 Å². The minimum absolute atomic E-state index is 0.0429. The predicted molar refractivity (Wildman–Crippen MR) is 74.0 cm³/mol. The van der Waals surface area contributed by atoms with Gasteiger partial charge in [-0.25, -0.2) is 4.98 Å². The lowest BCUT2D eigenvalue weighted by Crippen LogP contribution is -2.35. The fourth-order valence-electron chi connectivity index (χ4n) is 2.60. The third kappa shape index (κ3) is 2.10. The Kier molecular flexibility index (Phi) is 3.43. The summed E-state index contributed by atoms with van der Waals surface area (Å²) in [5.74, 6) is 0.734. The number of ether oxygens (including phenoxy) is 1. The van der Waals surface area contributed by atoms with Crippen LogP contribution in [0.2, 0.25) is 0 Å². The molecular formula is C14H22N2OS. The van der Waals surface area contributed by atoms with Crippen LogP contribution in [-0.4, -0.2) is 18.6 Å². The lowest BCUT2D eigenvalue weighted by molar-refractivity contribution is -0.0780. The van der Waals surface area contributed by atoms with Gasteiger partial charge in [0.2, 0.25) is 0 Å². The summed E-state index contributed by atoms with van der Waals surface area (Å²) in [6.45, 7) is 4.15. The van der Waals surface area contributed by atoms with Crippen molar-refractivity contribution in [3.63, 3.8) is 0 Å². The summed E-state index contributed by atoms with van der Waals surface area (Å²) < 4.78 is 5.76. The third-order valence-corrected chi connectivity index (χ3v) is 5.43. The molecule has 0 spiro atoms. The third-order valence-electron chi connectivity index (χ3n) is 4.17. The van der Waals surface area contributed by atoms with Gasteiger partial charge in [0.25, 0.3) is 0 Å². The van der Waals surface area contributed by atoms with E-state index in [4.69, 9.17) is 9.72 Å². The summed E-state index contributed by atoms with van der Waals surface area (Å²) in [7, 11) is 1.83. The van der Waals surface area contributed by atoms with Crippen LogP contribution < -0.4 is 5.32 Å². The topological polar surface area (TPSA) is 34.1 Å². The molecule has 4 heteroatoms. The minimum Gasteiger partial charge on any atom is -0.371 e. The molecule has 1 N–H and O–H groups in total. The molecule has 3 rings (SSSR count). The Morgan fingerprint density at radius 3 is 2.72 bits per heavy atom. The van der Waals surface area contributed by atoms with Crippen molar-refractivity contribution in [3.8, 4) is 0 Å². The van der Waals surface area contributed by atoms with E-state index in [0.29, 0.717) is 0 Å². The van der Waals surface area contributed by atoms with E-state index in [1.165, 1.54) is 34.8 Å². The van der Waals surface area contributed by atoms with Crippen molar-refractivity contribution in [2.45, 2.75) is 57.1 Å². The van der Waals surface area contributed by atoms with E-state index >= 15 is 0 Å². The summed E-state index contributed by atoms with van der Waals surface area (Å²) in [5, 5.41) is 4.66. The van der Waals surface area contributed by atoms with Gasteiger partial charge in [-0.15, -0.1) is 11.3 Å². The van der Waals surface area contributed by atoms with Crippen LogP contribution in [0.15, 0.2) is 0 Å². The van der Waals surface area contributed by atoms with Crippen molar-refractivity contribution in [2.75, 3.05) is 13.7 Å². The molecule has 100 valence electrons. The number of hydrogen-bond donors (Lipinski definition) is 1. The van der Waals surface area contributed by atoms with Crippen molar-refractivity contribution in [1.82, 2.24) is 10.3 Å². The molecule has 2 fully saturated rings. The molecule has 1 aromatic heterocycles. The highest BCUT2D eigenvalue weighted by atomic mass is 32.1. The van der Waals surface area contributed by atoms with Gasteiger partial charge in [-0.05, 0) is 38.6 Å². The molecule has 18 heavy (non-hydrogen) atoms. The van der Waals surface area contributed by atoms with Crippen molar-refractivity contribution < 1.29 is 4.74 Å². The van der Waals surface area contributed by atoms with Gasteiger partial charge in [0.05, 0.1) is 5.69 Å². The monoisotopic (exact) mass is 266 g/mol. The SMILES string of the molecule is CCNCc1sc(C2(OC)CCC2)nc1C1CC1. The van der Waals surface area contributed by atoms with E-state index in [1.54, 1.807) is 0 Å². The number of hydrogen-bond acceptors (Lipinski definition) is 4. The van der Waals surface area contributed by atoms with Crippen LogP contribution in [0.1, 0.15) is 60.5 Å². The second-order valence-corrected chi connectivity index (χ2v) is 6.52. The molecule has 0 amide bonds. The molecule has 2 aliphatic carbocycles. The molecule has 0 radical (unpaired) electrons. The van der Waals surface area contributed by atoms with E-state index < -0.39 is 0 Å². The van der Waals surface area contributed by atoms with Gasteiger partial charge < -0.3 is 10.1 Å². The zero-order valence-electron chi connectivity index (χ0n) is 11.3. The highest BCUT2D eigenvalue weighted by Gasteiger charge is 2.43. The molecule has 1 aromatic rings. The largest absolute Gasteiger partial charge is 0.371 e. The standard InChI is InChI=1S/C14H22N2OS/c1-3-15-9-11-12(10-5-6-10)16-13(18-11)14(17-2)7-4-8-14/h10,15H,3-9H2,1-2H3. The molecule has 2 saturated carbocycles. The number of thiazole rings is 1. The normalized spacial score (nSPS) is 21.9. The minimum atomic E-state index is -0.0429.